The molecule has 1 fully saturated rings. The number of ether oxygens (including phenoxy) is 2. The molecule has 0 aromatic heterocycles. The van der Waals surface area contributed by atoms with Gasteiger partial charge in [0.05, 0.1) is 23.3 Å². The number of hydrogen-bond acceptors (Lipinski definition) is 3. The standard InChI is InChI=1S/C15H20Cl2O3/c1-2-3-4-5-6-7-8-14(18)11-15(13(17)12(14)16)19-9-10-20-15/h18H,2-5,8-11H2,1H3. The maximum atomic E-state index is 10.6. The van der Waals surface area contributed by atoms with Crippen LogP contribution in [-0.2, 0) is 9.47 Å². The third-order valence-corrected chi connectivity index (χ3v) is 4.74. The average Bonchev–Trinajstić information content (AvgIpc) is 2.96. The van der Waals surface area contributed by atoms with Gasteiger partial charge in [-0.25, -0.2) is 0 Å². The average molecular weight is 319 g/mol. The zero-order valence-corrected chi connectivity index (χ0v) is 13.2. The van der Waals surface area contributed by atoms with E-state index < -0.39 is 11.4 Å². The van der Waals surface area contributed by atoms with Gasteiger partial charge in [-0.1, -0.05) is 48.9 Å². The van der Waals surface area contributed by atoms with Gasteiger partial charge in [-0.3, -0.25) is 0 Å². The molecule has 1 spiro atoms. The second-order valence-electron chi connectivity index (χ2n) is 5.27. The zero-order chi connectivity index (χ0) is 14.6. The topological polar surface area (TPSA) is 38.7 Å². The summed E-state index contributed by atoms with van der Waals surface area (Å²) in [6.07, 6.45) is 4.74. The van der Waals surface area contributed by atoms with E-state index in [1.807, 2.05) is 0 Å². The van der Waals surface area contributed by atoms with E-state index in [2.05, 4.69) is 18.8 Å². The van der Waals surface area contributed by atoms with E-state index in [0.717, 1.165) is 12.8 Å². The second-order valence-corrected chi connectivity index (χ2v) is 6.03. The number of unbranched alkanes of at least 4 members (excludes halogenated alkanes) is 3. The van der Waals surface area contributed by atoms with Crippen molar-refractivity contribution in [2.75, 3.05) is 13.2 Å². The monoisotopic (exact) mass is 318 g/mol. The highest BCUT2D eigenvalue weighted by Gasteiger charge is 2.56. The lowest BCUT2D eigenvalue weighted by Crippen LogP contribution is -2.35. The van der Waals surface area contributed by atoms with Crippen LogP contribution < -0.4 is 0 Å². The van der Waals surface area contributed by atoms with Crippen molar-refractivity contribution < 1.29 is 14.6 Å². The van der Waals surface area contributed by atoms with Crippen LogP contribution in [0.1, 0.15) is 45.4 Å². The van der Waals surface area contributed by atoms with Gasteiger partial charge in [-0.05, 0) is 6.42 Å². The van der Waals surface area contributed by atoms with Crippen LogP contribution >= 0.6 is 23.2 Å². The molecule has 20 heavy (non-hydrogen) atoms. The van der Waals surface area contributed by atoms with Crippen molar-refractivity contribution in [3.63, 3.8) is 0 Å². The molecule has 0 aromatic rings. The number of hydrogen-bond donors (Lipinski definition) is 1. The maximum absolute atomic E-state index is 10.6. The van der Waals surface area contributed by atoms with Crippen molar-refractivity contribution in [2.45, 2.75) is 56.8 Å². The van der Waals surface area contributed by atoms with Crippen molar-refractivity contribution in [1.82, 2.24) is 0 Å². The molecule has 5 heteroatoms. The van der Waals surface area contributed by atoms with Crippen LogP contribution in [0.3, 0.4) is 0 Å². The lowest BCUT2D eigenvalue weighted by atomic mass is 9.97. The first-order chi connectivity index (χ1) is 9.54. The van der Waals surface area contributed by atoms with E-state index in [1.165, 1.54) is 12.8 Å². The zero-order valence-electron chi connectivity index (χ0n) is 11.7. The summed E-state index contributed by atoms with van der Waals surface area (Å²) in [6, 6.07) is 0. The Morgan fingerprint density at radius 2 is 1.85 bits per heavy atom. The summed E-state index contributed by atoms with van der Waals surface area (Å²) in [5.74, 6) is 5.01. The molecule has 0 radical (unpaired) electrons. The van der Waals surface area contributed by atoms with Crippen LogP contribution in [-0.4, -0.2) is 29.7 Å². The Bertz CT molecular complexity index is 444. The van der Waals surface area contributed by atoms with Crippen molar-refractivity contribution >= 4 is 23.2 Å². The molecule has 3 nitrogen and oxygen atoms in total. The van der Waals surface area contributed by atoms with Gasteiger partial charge in [0.2, 0.25) is 5.79 Å². The summed E-state index contributed by atoms with van der Waals surface area (Å²) in [5, 5.41) is 11.1. The molecule has 1 atom stereocenters. The molecular formula is C15H20Cl2O3. The molecule has 2 rings (SSSR count). The Morgan fingerprint density at radius 1 is 1.15 bits per heavy atom. The van der Waals surface area contributed by atoms with Gasteiger partial charge >= 0.3 is 0 Å². The normalized spacial score (nSPS) is 28.0. The molecule has 2 aliphatic rings. The summed E-state index contributed by atoms with van der Waals surface area (Å²) in [7, 11) is 0. The Labute approximate surface area is 130 Å². The summed E-state index contributed by atoms with van der Waals surface area (Å²) >= 11 is 12.4. The first kappa shape index (κ1) is 16.1. The Kier molecular flexibility index (Phi) is 5.39. The second kappa shape index (κ2) is 6.68. The van der Waals surface area contributed by atoms with Crippen LogP contribution in [0.25, 0.3) is 0 Å². The quantitative estimate of drug-likeness (QED) is 0.636. The predicted molar refractivity (Wildman–Crippen MR) is 79.5 cm³/mol. The molecule has 1 unspecified atom stereocenters. The summed E-state index contributed by atoms with van der Waals surface area (Å²) in [4.78, 5) is 0. The summed E-state index contributed by atoms with van der Waals surface area (Å²) in [5.41, 5.74) is -1.26. The molecule has 0 aromatic carbocycles. The van der Waals surface area contributed by atoms with Gasteiger partial charge in [0.15, 0.2) is 0 Å². The van der Waals surface area contributed by atoms with Crippen LogP contribution in [0.5, 0.6) is 0 Å². The Balaban J connectivity index is 1.97. The van der Waals surface area contributed by atoms with E-state index in [-0.39, 0.29) is 22.9 Å². The van der Waals surface area contributed by atoms with Gasteiger partial charge in [0, 0.05) is 19.3 Å². The number of rotatable bonds is 4. The van der Waals surface area contributed by atoms with Crippen LogP contribution in [0, 0.1) is 11.8 Å². The molecular weight excluding hydrogens is 299 g/mol. The molecule has 1 saturated heterocycles. The van der Waals surface area contributed by atoms with Crippen molar-refractivity contribution in [3.05, 3.63) is 10.1 Å². The molecule has 112 valence electrons. The lowest BCUT2D eigenvalue weighted by molar-refractivity contribution is -0.141. The SMILES string of the molecule is CCCCCC#CCC1(O)CC2(OCCO2)C(Cl)=C1Cl. The maximum Gasteiger partial charge on any atom is 0.210 e. The largest absolute Gasteiger partial charge is 0.383 e. The van der Waals surface area contributed by atoms with E-state index in [9.17, 15) is 5.11 Å². The van der Waals surface area contributed by atoms with Crippen molar-refractivity contribution in [1.29, 1.82) is 0 Å². The van der Waals surface area contributed by atoms with E-state index in [4.69, 9.17) is 32.7 Å². The van der Waals surface area contributed by atoms with Gasteiger partial charge in [0.25, 0.3) is 0 Å². The van der Waals surface area contributed by atoms with E-state index in [0.29, 0.717) is 13.2 Å². The van der Waals surface area contributed by atoms with Gasteiger partial charge in [-0.2, -0.15) is 0 Å². The smallest absolute Gasteiger partial charge is 0.210 e. The minimum atomic E-state index is -1.26. The number of aliphatic hydroxyl groups is 1. The summed E-state index contributed by atoms with van der Waals surface area (Å²) in [6.45, 7) is 3.07. The third-order valence-electron chi connectivity index (χ3n) is 3.63. The van der Waals surface area contributed by atoms with Crippen LogP contribution in [0.15, 0.2) is 10.1 Å². The molecule has 0 saturated carbocycles. The fourth-order valence-corrected chi connectivity index (χ4v) is 3.13. The molecule has 1 N–H and O–H groups in total. The lowest BCUT2D eigenvalue weighted by Gasteiger charge is -2.26. The molecule has 0 amide bonds. The highest BCUT2D eigenvalue weighted by molar-refractivity contribution is 6.41. The Morgan fingerprint density at radius 3 is 2.50 bits per heavy atom. The Hall–Kier alpha value is -0.240. The minimum absolute atomic E-state index is 0.198. The van der Waals surface area contributed by atoms with Gasteiger partial charge in [0.1, 0.15) is 5.60 Å². The van der Waals surface area contributed by atoms with Crippen LogP contribution in [0.2, 0.25) is 0 Å². The molecule has 1 aliphatic carbocycles. The van der Waals surface area contributed by atoms with Gasteiger partial charge < -0.3 is 14.6 Å². The fourth-order valence-electron chi connectivity index (χ4n) is 2.50. The molecule has 1 aliphatic heterocycles. The first-order valence-corrected chi connectivity index (χ1v) is 7.82. The van der Waals surface area contributed by atoms with Crippen molar-refractivity contribution in [2.24, 2.45) is 0 Å². The highest BCUT2D eigenvalue weighted by Crippen LogP contribution is 2.51. The summed E-state index contributed by atoms with van der Waals surface area (Å²) < 4.78 is 11.1. The van der Waals surface area contributed by atoms with Crippen LogP contribution in [0.4, 0.5) is 0 Å². The van der Waals surface area contributed by atoms with Gasteiger partial charge in [-0.15, -0.1) is 5.92 Å². The third kappa shape index (κ3) is 3.16. The number of halogens is 2. The predicted octanol–water partition coefficient (Wildman–Crippen LogP) is 3.53. The minimum Gasteiger partial charge on any atom is -0.383 e. The first-order valence-electron chi connectivity index (χ1n) is 7.06. The highest BCUT2D eigenvalue weighted by atomic mass is 35.5. The van der Waals surface area contributed by atoms with E-state index >= 15 is 0 Å². The van der Waals surface area contributed by atoms with Crippen molar-refractivity contribution in [3.8, 4) is 11.8 Å². The molecule has 1 heterocycles. The molecule has 0 bridgehead atoms. The fraction of sp³-hybridized carbons (Fsp3) is 0.733. The van der Waals surface area contributed by atoms with E-state index in [1.54, 1.807) is 0 Å².